The highest BCUT2D eigenvalue weighted by atomic mass is 15.3. The van der Waals surface area contributed by atoms with Crippen molar-refractivity contribution in [1.82, 2.24) is 0 Å². The molecule has 1 fully saturated rings. The van der Waals surface area contributed by atoms with E-state index in [0.29, 0.717) is 5.92 Å². The van der Waals surface area contributed by atoms with Crippen molar-refractivity contribution < 1.29 is 4.48 Å². The van der Waals surface area contributed by atoms with Crippen LogP contribution in [-0.4, -0.2) is 25.1 Å². The number of hydrogen-bond donors (Lipinski definition) is 0. The van der Waals surface area contributed by atoms with Crippen molar-refractivity contribution in [3.63, 3.8) is 0 Å². The maximum atomic E-state index is 2.39. The lowest BCUT2D eigenvalue weighted by atomic mass is 9.97. The van der Waals surface area contributed by atoms with Crippen LogP contribution in [0.4, 0.5) is 0 Å². The molecule has 0 aromatic heterocycles. The summed E-state index contributed by atoms with van der Waals surface area (Å²) in [4.78, 5) is 0. The van der Waals surface area contributed by atoms with Crippen molar-refractivity contribution in [2.75, 3.05) is 20.6 Å². The second-order valence-corrected chi connectivity index (χ2v) is 7.48. The molecule has 1 nitrogen and oxygen atoms in total. The quantitative estimate of drug-likeness (QED) is 0.643. The number of quaternary nitrogens is 1. The Balaban J connectivity index is 1.94. The van der Waals surface area contributed by atoms with Crippen LogP contribution >= 0.6 is 0 Å². The second-order valence-electron chi connectivity index (χ2n) is 7.48. The van der Waals surface area contributed by atoms with E-state index >= 15 is 0 Å². The SMILES string of the molecule is CCC(C)c1ccc(C[N+](C)(C)CC2CCCC2)cc1. The van der Waals surface area contributed by atoms with E-state index < -0.39 is 0 Å². The molecule has 1 aromatic rings. The van der Waals surface area contributed by atoms with Gasteiger partial charge in [0.2, 0.25) is 0 Å². The molecule has 1 saturated carbocycles. The van der Waals surface area contributed by atoms with E-state index in [9.17, 15) is 0 Å². The first-order chi connectivity index (χ1) is 9.50. The Bertz CT molecular complexity index is 398. The molecule has 0 amide bonds. The molecule has 1 heteroatoms. The van der Waals surface area contributed by atoms with Crippen molar-refractivity contribution in [2.24, 2.45) is 5.92 Å². The number of nitrogens with zero attached hydrogens (tertiary/aromatic N) is 1. The van der Waals surface area contributed by atoms with Crippen LogP contribution < -0.4 is 0 Å². The molecule has 0 spiro atoms. The fourth-order valence-corrected chi connectivity index (χ4v) is 3.64. The smallest absolute Gasteiger partial charge is 0.104 e. The Morgan fingerprint density at radius 1 is 1.10 bits per heavy atom. The summed E-state index contributed by atoms with van der Waals surface area (Å²) in [7, 11) is 4.78. The van der Waals surface area contributed by atoms with Gasteiger partial charge in [0.15, 0.2) is 0 Å². The van der Waals surface area contributed by atoms with E-state index in [1.54, 1.807) is 0 Å². The summed E-state index contributed by atoms with van der Waals surface area (Å²) in [6.45, 7) is 7.08. The normalized spacial score (nSPS) is 18.4. The zero-order chi connectivity index (χ0) is 14.6. The van der Waals surface area contributed by atoms with Gasteiger partial charge in [-0.05, 0) is 30.7 Å². The predicted molar refractivity (Wildman–Crippen MR) is 87.8 cm³/mol. The summed E-state index contributed by atoms with van der Waals surface area (Å²) >= 11 is 0. The minimum Gasteiger partial charge on any atom is -0.325 e. The minimum absolute atomic E-state index is 0.685. The molecule has 0 bridgehead atoms. The summed E-state index contributed by atoms with van der Waals surface area (Å²) in [6, 6.07) is 9.35. The molecule has 2 rings (SSSR count). The molecule has 0 saturated heterocycles. The summed E-state index contributed by atoms with van der Waals surface area (Å²) in [6.07, 6.45) is 7.04. The first-order valence-corrected chi connectivity index (χ1v) is 8.41. The van der Waals surface area contributed by atoms with Crippen molar-refractivity contribution in [3.05, 3.63) is 35.4 Å². The molecular formula is C19H32N+. The Kier molecular flexibility index (Phi) is 5.26. The van der Waals surface area contributed by atoms with Gasteiger partial charge in [0.05, 0.1) is 20.6 Å². The first kappa shape index (κ1) is 15.6. The molecule has 0 heterocycles. The van der Waals surface area contributed by atoms with Gasteiger partial charge in [-0.3, -0.25) is 0 Å². The zero-order valence-corrected chi connectivity index (χ0v) is 13.9. The molecule has 112 valence electrons. The lowest BCUT2D eigenvalue weighted by molar-refractivity contribution is -0.906. The average Bonchev–Trinajstić information content (AvgIpc) is 2.90. The average molecular weight is 274 g/mol. The van der Waals surface area contributed by atoms with E-state index in [2.05, 4.69) is 52.2 Å². The van der Waals surface area contributed by atoms with Crippen LogP contribution in [0.15, 0.2) is 24.3 Å². The Hall–Kier alpha value is -0.820. The predicted octanol–water partition coefficient (Wildman–Crippen LogP) is 4.97. The second kappa shape index (κ2) is 6.76. The summed E-state index contributed by atoms with van der Waals surface area (Å²) < 4.78 is 1.13. The maximum Gasteiger partial charge on any atom is 0.104 e. The highest BCUT2D eigenvalue weighted by molar-refractivity contribution is 5.24. The Labute approximate surface area is 125 Å². The van der Waals surface area contributed by atoms with Crippen LogP contribution in [0.5, 0.6) is 0 Å². The van der Waals surface area contributed by atoms with E-state index in [-0.39, 0.29) is 0 Å². The topological polar surface area (TPSA) is 0 Å². The van der Waals surface area contributed by atoms with Crippen LogP contribution in [0.3, 0.4) is 0 Å². The third-order valence-corrected chi connectivity index (χ3v) is 5.00. The van der Waals surface area contributed by atoms with Crippen LogP contribution in [0, 0.1) is 5.92 Å². The molecule has 20 heavy (non-hydrogen) atoms. The van der Waals surface area contributed by atoms with Crippen LogP contribution in [-0.2, 0) is 6.54 Å². The van der Waals surface area contributed by atoms with E-state index in [0.717, 1.165) is 16.9 Å². The van der Waals surface area contributed by atoms with E-state index in [1.807, 2.05) is 0 Å². The van der Waals surface area contributed by atoms with Gasteiger partial charge in [-0.1, -0.05) is 51.0 Å². The minimum atomic E-state index is 0.685. The van der Waals surface area contributed by atoms with Crippen molar-refractivity contribution in [2.45, 2.75) is 58.4 Å². The molecule has 1 unspecified atom stereocenters. The van der Waals surface area contributed by atoms with Crippen molar-refractivity contribution in [1.29, 1.82) is 0 Å². The third kappa shape index (κ3) is 4.34. The third-order valence-electron chi connectivity index (χ3n) is 5.00. The maximum absolute atomic E-state index is 2.39. The molecule has 0 radical (unpaired) electrons. The molecule has 0 aliphatic heterocycles. The van der Waals surface area contributed by atoms with Crippen LogP contribution in [0.1, 0.15) is 63.0 Å². The highest BCUT2D eigenvalue weighted by Crippen LogP contribution is 2.27. The lowest BCUT2D eigenvalue weighted by Crippen LogP contribution is -2.42. The van der Waals surface area contributed by atoms with Gasteiger partial charge in [0, 0.05) is 11.5 Å². The van der Waals surface area contributed by atoms with Gasteiger partial charge in [0.1, 0.15) is 6.54 Å². The molecule has 1 aromatic carbocycles. The monoisotopic (exact) mass is 274 g/mol. The number of rotatable bonds is 6. The summed E-state index contributed by atoms with van der Waals surface area (Å²) in [5.41, 5.74) is 2.97. The Morgan fingerprint density at radius 2 is 1.70 bits per heavy atom. The first-order valence-electron chi connectivity index (χ1n) is 8.41. The molecule has 0 N–H and O–H groups in total. The largest absolute Gasteiger partial charge is 0.325 e. The van der Waals surface area contributed by atoms with Gasteiger partial charge in [-0.2, -0.15) is 0 Å². The molecule has 1 atom stereocenters. The number of benzene rings is 1. The molecule has 1 aliphatic rings. The summed E-state index contributed by atoms with van der Waals surface area (Å²) in [5, 5.41) is 0. The Morgan fingerprint density at radius 3 is 2.25 bits per heavy atom. The fraction of sp³-hybridized carbons (Fsp3) is 0.684. The highest BCUT2D eigenvalue weighted by Gasteiger charge is 2.25. The molecule has 1 aliphatic carbocycles. The zero-order valence-electron chi connectivity index (χ0n) is 13.9. The van der Waals surface area contributed by atoms with Crippen LogP contribution in [0.2, 0.25) is 0 Å². The van der Waals surface area contributed by atoms with Gasteiger partial charge in [-0.15, -0.1) is 0 Å². The van der Waals surface area contributed by atoms with Gasteiger partial charge in [-0.25, -0.2) is 0 Å². The van der Waals surface area contributed by atoms with Gasteiger partial charge < -0.3 is 4.48 Å². The standard InChI is InChI=1S/C19H32N/c1-5-16(2)19-12-10-18(11-13-19)15-20(3,4)14-17-8-6-7-9-17/h10-13,16-17H,5-9,14-15H2,1-4H3/q+1. The fourth-order valence-electron chi connectivity index (χ4n) is 3.64. The number of hydrogen-bond acceptors (Lipinski definition) is 0. The van der Waals surface area contributed by atoms with Gasteiger partial charge >= 0.3 is 0 Å². The van der Waals surface area contributed by atoms with Crippen molar-refractivity contribution in [3.8, 4) is 0 Å². The molecular weight excluding hydrogens is 242 g/mol. The van der Waals surface area contributed by atoms with Crippen molar-refractivity contribution >= 4 is 0 Å². The van der Waals surface area contributed by atoms with E-state index in [4.69, 9.17) is 0 Å². The summed E-state index contributed by atoms with van der Waals surface area (Å²) in [5.74, 6) is 1.65. The van der Waals surface area contributed by atoms with Crippen LogP contribution in [0.25, 0.3) is 0 Å². The lowest BCUT2D eigenvalue weighted by Gasteiger charge is -2.32. The van der Waals surface area contributed by atoms with E-state index in [1.165, 1.54) is 49.8 Å². The van der Waals surface area contributed by atoms with Gasteiger partial charge in [0.25, 0.3) is 0 Å².